The van der Waals surface area contributed by atoms with Gasteiger partial charge in [-0.1, -0.05) is 24.3 Å². The van der Waals surface area contributed by atoms with Gasteiger partial charge >= 0.3 is 5.97 Å². The molecule has 6 nitrogen and oxygen atoms in total. The minimum Gasteiger partial charge on any atom is -0.484 e. The Morgan fingerprint density at radius 3 is 2.75 bits per heavy atom. The number of rotatable bonds is 5. The van der Waals surface area contributed by atoms with E-state index in [2.05, 4.69) is 34.1 Å². The summed E-state index contributed by atoms with van der Waals surface area (Å²) in [5, 5.41) is 0. The van der Waals surface area contributed by atoms with E-state index in [9.17, 15) is 4.79 Å². The number of hydrogen-bond donors (Lipinski definition) is 0. The summed E-state index contributed by atoms with van der Waals surface area (Å²) in [4.78, 5) is 18.5. The predicted octanol–water partition coefficient (Wildman–Crippen LogP) is 2.84. The summed E-state index contributed by atoms with van der Waals surface area (Å²) in [6.07, 6.45) is 1.57. The molecule has 1 saturated heterocycles. The first-order valence-electron chi connectivity index (χ1n) is 9.95. The van der Waals surface area contributed by atoms with Crippen molar-refractivity contribution < 1.29 is 19.0 Å². The van der Waals surface area contributed by atoms with Gasteiger partial charge in [0.1, 0.15) is 6.61 Å². The van der Waals surface area contributed by atoms with Crippen molar-refractivity contribution in [2.24, 2.45) is 17.8 Å². The maximum atomic E-state index is 11.9. The smallest absolute Gasteiger partial charge is 0.309 e. The average molecular weight is 380 g/mol. The third-order valence-corrected chi connectivity index (χ3v) is 5.97. The SMILES string of the molecule is CCOC(=O)[C@H]1[C@@H]2CN(Cc3ccc([C@H]4COc5cccnc5O4)cc3)C[C@@H]21. The number of esters is 1. The van der Waals surface area contributed by atoms with Crippen LogP contribution in [0.3, 0.4) is 0 Å². The standard InChI is InChI=1S/C22H24N2O4/c1-2-26-22(25)20-16-11-24(12-17(16)20)10-14-5-7-15(8-6-14)19-13-27-18-4-3-9-23-21(18)28-19/h3-9,16-17,19-20H,2,10-13H2,1H3/t16-,17+,19-,20+/m1/s1. The molecule has 0 unspecified atom stereocenters. The van der Waals surface area contributed by atoms with Crippen molar-refractivity contribution in [3.8, 4) is 11.6 Å². The van der Waals surface area contributed by atoms with E-state index >= 15 is 0 Å². The molecule has 1 aliphatic carbocycles. The molecule has 3 heterocycles. The van der Waals surface area contributed by atoms with Crippen LogP contribution in [-0.2, 0) is 16.1 Å². The highest BCUT2D eigenvalue weighted by atomic mass is 16.6. The normalized spacial score (nSPS) is 27.9. The second-order valence-electron chi connectivity index (χ2n) is 7.77. The number of aromatic nitrogens is 1. The van der Waals surface area contributed by atoms with Crippen LogP contribution in [0.2, 0.25) is 0 Å². The van der Waals surface area contributed by atoms with Crippen molar-refractivity contribution in [1.82, 2.24) is 9.88 Å². The number of likely N-dealkylation sites (tertiary alicyclic amines) is 1. The molecule has 1 aromatic heterocycles. The van der Waals surface area contributed by atoms with E-state index in [-0.39, 0.29) is 18.0 Å². The van der Waals surface area contributed by atoms with Crippen molar-refractivity contribution in [3.05, 3.63) is 53.7 Å². The Hall–Kier alpha value is -2.60. The van der Waals surface area contributed by atoms with E-state index in [0.29, 0.717) is 36.7 Å². The molecule has 2 aliphatic heterocycles. The van der Waals surface area contributed by atoms with Crippen LogP contribution in [0.4, 0.5) is 0 Å². The van der Waals surface area contributed by atoms with E-state index in [1.165, 1.54) is 5.56 Å². The van der Waals surface area contributed by atoms with Gasteiger partial charge in [0.05, 0.1) is 12.5 Å². The van der Waals surface area contributed by atoms with Gasteiger partial charge in [0.25, 0.3) is 5.88 Å². The van der Waals surface area contributed by atoms with Gasteiger partial charge in [-0.2, -0.15) is 0 Å². The molecule has 0 radical (unpaired) electrons. The van der Waals surface area contributed by atoms with Gasteiger partial charge in [0, 0.05) is 25.8 Å². The molecule has 146 valence electrons. The van der Waals surface area contributed by atoms with Gasteiger partial charge in [0.15, 0.2) is 11.9 Å². The molecule has 2 aromatic rings. The molecule has 6 heteroatoms. The largest absolute Gasteiger partial charge is 0.484 e. The number of nitrogens with zero attached hydrogens (tertiary/aromatic N) is 2. The van der Waals surface area contributed by atoms with E-state index in [1.807, 2.05) is 19.1 Å². The van der Waals surface area contributed by atoms with Crippen LogP contribution in [0.15, 0.2) is 42.6 Å². The lowest BCUT2D eigenvalue weighted by Gasteiger charge is -2.26. The second-order valence-corrected chi connectivity index (χ2v) is 7.77. The van der Waals surface area contributed by atoms with Gasteiger partial charge in [-0.05, 0) is 42.0 Å². The number of piperidine rings is 1. The highest BCUT2D eigenvalue weighted by Crippen LogP contribution is 2.52. The molecule has 0 bridgehead atoms. The maximum absolute atomic E-state index is 11.9. The molecule has 28 heavy (non-hydrogen) atoms. The van der Waals surface area contributed by atoms with Crippen molar-refractivity contribution in [2.75, 3.05) is 26.3 Å². The summed E-state index contributed by atoms with van der Waals surface area (Å²) in [5.74, 6) is 2.35. The van der Waals surface area contributed by atoms with E-state index in [4.69, 9.17) is 14.2 Å². The van der Waals surface area contributed by atoms with Gasteiger partial charge in [-0.15, -0.1) is 0 Å². The number of ether oxygens (including phenoxy) is 3. The molecule has 0 spiro atoms. The van der Waals surface area contributed by atoms with Crippen molar-refractivity contribution >= 4 is 5.97 Å². The van der Waals surface area contributed by atoms with Crippen LogP contribution in [0.25, 0.3) is 0 Å². The van der Waals surface area contributed by atoms with Gasteiger partial charge < -0.3 is 14.2 Å². The van der Waals surface area contributed by atoms with E-state index in [1.54, 1.807) is 6.20 Å². The Labute approximate surface area is 164 Å². The highest BCUT2D eigenvalue weighted by Gasteiger charge is 2.60. The lowest BCUT2D eigenvalue weighted by Crippen LogP contribution is -2.26. The Kier molecular flexibility index (Phi) is 4.43. The Balaban J connectivity index is 1.16. The van der Waals surface area contributed by atoms with Crippen molar-refractivity contribution in [1.29, 1.82) is 0 Å². The fraction of sp³-hybridized carbons (Fsp3) is 0.455. The van der Waals surface area contributed by atoms with Crippen LogP contribution in [0, 0.1) is 17.8 Å². The first-order valence-corrected chi connectivity index (χ1v) is 9.95. The molecular weight excluding hydrogens is 356 g/mol. The van der Waals surface area contributed by atoms with Crippen LogP contribution in [-0.4, -0.2) is 42.2 Å². The monoisotopic (exact) mass is 380 g/mol. The number of carbonyl (C=O) groups is 1. The molecular formula is C22H24N2O4. The Bertz CT molecular complexity index is 857. The summed E-state index contributed by atoms with van der Waals surface area (Å²) >= 11 is 0. The third kappa shape index (κ3) is 3.22. The topological polar surface area (TPSA) is 60.9 Å². The molecule has 1 aromatic carbocycles. The third-order valence-electron chi connectivity index (χ3n) is 5.97. The molecule has 5 rings (SSSR count). The summed E-state index contributed by atoms with van der Waals surface area (Å²) in [6, 6.07) is 12.2. The van der Waals surface area contributed by atoms with Gasteiger partial charge in [-0.25, -0.2) is 4.98 Å². The predicted molar refractivity (Wildman–Crippen MR) is 102 cm³/mol. The van der Waals surface area contributed by atoms with Crippen LogP contribution in [0.5, 0.6) is 11.6 Å². The number of pyridine rings is 1. The number of hydrogen-bond acceptors (Lipinski definition) is 6. The quantitative estimate of drug-likeness (QED) is 0.744. The number of benzene rings is 1. The minimum absolute atomic E-state index is 0.00716. The van der Waals surface area contributed by atoms with Crippen LogP contribution < -0.4 is 9.47 Å². The molecule has 1 saturated carbocycles. The minimum atomic E-state index is -0.138. The lowest BCUT2D eigenvalue weighted by atomic mass is 10.1. The Morgan fingerprint density at radius 1 is 1.21 bits per heavy atom. The Morgan fingerprint density at radius 2 is 2.00 bits per heavy atom. The zero-order valence-corrected chi connectivity index (χ0v) is 15.9. The highest BCUT2D eigenvalue weighted by molar-refractivity contribution is 5.77. The first kappa shape index (κ1) is 17.5. The lowest BCUT2D eigenvalue weighted by molar-refractivity contribution is -0.145. The summed E-state index contributed by atoms with van der Waals surface area (Å²) < 4.78 is 16.9. The molecule has 4 atom stereocenters. The summed E-state index contributed by atoms with van der Waals surface area (Å²) in [7, 11) is 0. The van der Waals surface area contributed by atoms with Crippen molar-refractivity contribution in [2.45, 2.75) is 19.6 Å². The summed E-state index contributed by atoms with van der Waals surface area (Å²) in [6.45, 7) is 5.71. The van der Waals surface area contributed by atoms with Gasteiger partial charge in [-0.3, -0.25) is 9.69 Å². The van der Waals surface area contributed by atoms with Crippen LogP contribution >= 0.6 is 0 Å². The van der Waals surface area contributed by atoms with E-state index < -0.39 is 0 Å². The molecule has 0 N–H and O–H groups in total. The first-order chi connectivity index (χ1) is 13.7. The molecule has 3 aliphatic rings. The summed E-state index contributed by atoms with van der Waals surface area (Å²) in [5.41, 5.74) is 2.36. The van der Waals surface area contributed by atoms with Crippen molar-refractivity contribution in [3.63, 3.8) is 0 Å². The van der Waals surface area contributed by atoms with E-state index in [0.717, 1.165) is 25.2 Å². The zero-order chi connectivity index (χ0) is 19.1. The average Bonchev–Trinajstić information content (AvgIpc) is 3.24. The zero-order valence-electron chi connectivity index (χ0n) is 15.9. The van der Waals surface area contributed by atoms with Crippen LogP contribution in [0.1, 0.15) is 24.2 Å². The number of carbonyl (C=O) groups excluding carboxylic acids is 1. The fourth-order valence-electron chi connectivity index (χ4n) is 4.50. The maximum Gasteiger partial charge on any atom is 0.309 e. The number of fused-ring (bicyclic) bond motifs is 2. The molecule has 2 fully saturated rings. The second kappa shape index (κ2) is 7.09. The fourth-order valence-corrected chi connectivity index (χ4v) is 4.50. The molecule has 0 amide bonds. The van der Waals surface area contributed by atoms with Gasteiger partial charge in [0.2, 0.25) is 0 Å².